The van der Waals surface area contributed by atoms with E-state index in [1.54, 1.807) is 6.20 Å². The van der Waals surface area contributed by atoms with Crippen LogP contribution in [-0.4, -0.2) is 9.97 Å². The standard InChI is InChI=1S/C14H15ClN2/c1-9(2)11-5-4-10(3)12(8-11)13-6-7-16-14(15)17-13/h4-9H,1-3H3. The molecular weight excluding hydrogens is 232 g/mol. The highest BCUT2D eigenvalue weighted by Gasteiger charge is 2.07. The molecular formula is C14H15ClN2. The van der Waals surface area contributed by atoms with E-state index in [2.05, 4.69) is 48.9 Å². The van der Waals surface area contributed by atoms with Gasteiger partial charge in [0, 0.05) is 11.8 Å². The van der Waals surface area contributed by atoms with Crippen LogP contribution in [0.2, 0.25) is 5.28 Å². The van der Waals surface area contributed by atoms with Gasteiger partial charge in [-0.2, -0.15) is 0 Å². The number of hydrogen-bond donors (Lipinski definition) is 0. The SMILES string of the molecule is Cc1ccc(C(C)C)cc1-c1ccnc(Cl)n1. The largest absolute Gasteiger partial charge is 0.226 e. The molecule has 0 saturated carbocycles. The molecule has 0 aliphatic carbocycles. The van der Waals surface area contributed by atoms with E-state index in [0.29, 0.717) is 5.92 Å². The summed E-state index contributed by atoms with van der Waals surface area (Å²) in [5.41, 5.74) is 4.51. The van der Waals surface area contributed by atoms with Crippen LogP contribution in [0, 0.1) is 6.92 Å². The minimum absolute atomic E-state index is 0.289. The molecule has 0 unspecified atom stereocenters. The molecule has 2 rings (SSSR count). The summed E-state index contributed by atoms with van der Waals surface area (Å²) in [6.45, 7) is 6.44. The first kappa shape index (κ1) is 12.1. The van der Waals surface area contributed by atoms with Crippen molar-refractivity contribution in [2.75, 3.05) is 0 Å². The fourth-order valence-corrected chi connectivity index (χ4v) is 1.91. The van der Waals surface area contributed by atoms with Gasteiger partial charge in [0.1, 0.15) is 0 Å². The van der Waals surface area contributed by atoms with Crippen LogP contribution in [0.4, 0.5) is 0 Å². The molecule has 88 valence electrons. The van der Waals surface area contributed by atoms with Crippen LogP contribution < -0.4 is 0 Å². The van der Waals surface area contributed by atoms with Crippen molar-refractivity contribution in [2.45, 2.75) is 26.7 Å². The molecule has 0 radical (unpaired) electrons. The second-order valence-electron chi connectivity index (χ2n) is 4.44. The Hall–Kier alpha value is -1.41. The van der Waals surface area contributed by atoms with Crippen LogP contribution in [0.25, 0.3) is 11.3 Å². The average Bonchev–Trinajstić information content (AvgIpc) is 2.29. The molecule has 2 aromatic rings. The third-order valence-electron chi connectivity index (χ3n) is 2.83. The molecule has 0 aliphatic rings. The zero-order valence-electron chi connectivity index (χ0n) is 10.2. The first-order valence-electron chi connectivity index (χ1n) is 5.67. The summed E-state index contributed by atoms with van der Waals surface area (Å²) in [6.07, 6.45) is 1.69. The van der Waals surface area contributed by atoms with Gasteiger partial charge in [0.25, 0.3) is 0 Å². The van der Waals surface area contributed by atoms with Gasteiger partial charge in [0.05, 0.1) is 5.69 Å². The molecule has 0 amide bonds. The first-order valence-corrected chi connectivity index (χ1v) is 6.05. The molecule has 1 heterocycles. The van der Waals surface area contributed by atoms with Gasteiger partial charge in [-0.1, -0.05) is 26.0 Å². The van der Waals surface area contributed by atoms with Gasteiger partial charge >= 0.3 is 0 Å². The Morgan fingerprint density at radius 3 is 2.59 bits per heavy atom. The molecule has 0 spiro atoms. The maximum absolute atomic E-state index is 5.83. The highest BCUT2D eigenvalue weighted by Crippen LogP contribution is 2.26. The van der Waals surface area contributed by atoms with E-state index in [1.807, 2.05) is 6.07 Å². The third kappa shape index (κ3) is 2.64. The fourth-order valence-electron chi connectivity index (χ4n) is 1.76. The lowest BCUT2D eigenvalue weighted by atomic mass is 9.96. The summed E-state index contributed by atoms with van der Waals surface area (Å²) in [5, 5.41) is 0.289. The highest BCUT2D eigenvalue weighted by molar-refractivity contribution is 6.28. The summed E-state index contributed by atoms with van der Waals surface area (Å²) >= 11 is 5.83. The van der Waals surface area contributed by atoms with Gasteiger partial charge < -0.3 is 0 Å². The lowest BCUT2D eigenvalue weighted by molar-refractivity contribution is 0.866. The van der Waals surface area contributed by atoms with Crippen LogP contribution in [-0.2, 0) is 0 Å². The van der Waals surface area contributed by atoms with Crippen molar-refractivity contribution in [1.29, 1.82) is 0 Å². The van der Waals surface area contributed by atoms with Gasteiger partial charge in [-0.3, -0.25) is 0 Å². The predicted octanol–water partition coefficient (Wildman–Crippen LogP) is 4.23. The molecule has 1 aromatic carbocycles. The van der Waals surface area contributed by atoms with Gasteiger partial charge in [-0.15, -0.1) is 0 Å². The number of nitrogens with zero attached hydrogens (tertiary/aromatic N) is 2. The Labute approximate surface area is 107 Å². The van der Waals surface area contributed by atoms with E-state index in [1.165, 1.54) is 11.1 Å². The Kier molecular flexibility index (Phi) is 3.43. The molecule has 17 heavy (non-hydrogen) atoms. The van der Waals surface area contributed by atoms with Crippen molar-refractivity contribution >= 4 is 11.6 Å². The van der Waals surface area contributed by atoms with Gasteiger partial charge in [0.2, 0.25) is 5.28 Å². The molecule has 0 atom stereocenters. The zero-order valence-corrected chi connectivity index (χ0v) is 11.0. The number of rotatable bonds is 2. The summed E-state index contributed by atoms with van der Waals surface area (Å²) in [5.74, 6) is 0.506. The van der Waals surface area contributed by atoms with E-state index in [0.717, 1.165) is 11.3 Å². The van der Waals surface area contributed by atoms with Crippen LogP contribution in [0.15, 0.2) is 30.5 Å². The van der Waals surface area contributed by atoms with E-state index < -0.39 is 0 Å². The van der Waals surface area contributed by atoms with Crippen molar-refractivity contribution in [3.8, 4) is 11.3 Å². The monoisotopic (exact) mass is 246 g/mol. The second-order valence-corrected chi connectivity index (χ2v) is 4.78. The maximum atomic E-state index is 5.83. The summed E-state index contributed by atoms with van der Waals surface area (Å²) in [6, 6.07) is 8.35. The Bertz CT molecular complexity index is 535. The van der Waals surface area contributed by atoms with E-state index in [4.69, 9.17) is 11.6 Å². The lowest BCUT2D eigenvalue weighted by Crippen LogP contribution is -1.93. The Balaban J connectivity index is 2.54. The van der Waals surface area contributed by atoms with E-state index in [-0.39, 0.29) is 5.28 Å². The van der Waals surface area contributed by atoms with Crippen molar-refractivity contribution < 1.29 is 0 Å². The molecule has 0 bridgehead atoms. The van der Waals surface area contributed by atoms with Crippen molar-refractivity contribution in [1.82, 2.24) is 9.97 Å². The number of benzene rings is 1. The van der Waals surface area contributed by atoms with Crippen LogP contribution in [0.3, 0.4) is 0 Å². The normalized spacial score (nSPS) is 10.9. The number of aryl methyl sites for hydroxylation is 1. The topological polar surface area (TPSA) is 25.8 Å². The van der Waals surface area contributed by atoms with Gasteiger partial charge in [-0.05, 0) is 47.7 Å². The van der Waals surface area contributed by atoms with E-state index >= 15 is 0 Å². The number of hydrogen-bond acceptors (Lipinski definition) is 2. The zero-order chi connectivity index (χ0) is 12.4. The second kappa shape index (κ2) is 4.84. The fraction of sp³-hybridized carbons (Fsp3) is 0.286. The minimum Gasteiger partial charge on any atom is -0.226 e. The lowest BCUT2D eigenvalue weighted by Gasteiger charge is -2.10. The smallest absolute Gasteiger partial charge is 0.222 e. The molecule has 0 saturated heterocycles. The molecule has 0 fully saturated rings. The summed E-state index contributed by atoms with van der Waals surface area (Å²) in [7, 11) is 0. The highest BCUT2D eigenvalue weighted by atomic mass is 35.5. The van der Waals surface area contributed by atoms with Crippen LogP contribution in [0.1, 0.15) is 30.9 Å². The minimum atomic E-state index is 0.289. The summed E-state index contributed by atoms with van der Waals surface area (Å²) < 4.78 is 0. The molecule has 0 N–H and O–H groups in total. The van der Waals surface area contributed by atoms with Crippen LogP contribution >= 0.6 is 11.6 Å². The third-order valence-corrected chi connectivity index (χ3v) is 3.01. The summed E-state index contributed by atoms with van der Waals surface area (Å²) in [4.78, 5) is 8.17. The number of aromatic nitrogens is 2. The molecule has 2 nitrogen and oxygen atoms in total. The van der Waals surface area contributed by atoms with Crippen LogP contribution in [0.5, 0.6) is 0 Å². The quantitative estimate of drug-likeness (QED) is 0.741. The Morgan fingerprint density at radius 2 is 1.94 bits per heavy atom. The first-order chi connectivity index (χ1) is 8.08. The average molecular weight is 247 g/mol. The molecule has 1 aromatic heterocycles. The van der Waals surface area contributed by atoms with Gasteiger partial charge in [-0.25, -0.2) is 9.97 Å². The van der Waals surface area contributed by atoms with Crippen molar-refractivity contribution in [3.63, 3.8) is 0 Å². The predicted molar refractivity (Wildman–Crippen MR) is 71.3 cm³/mol. The maximum Gasteiger partial charge on any atom is 0.222 e. The number of halogens is 1. The molecule has 3 heteroatoms. The van der Waals surface area contributed by atoms with Crippen molar-refractivity contribution in [3.05, 3.63) is 46.9 Å². The Morgan fingerprint density at radius 1 is 1.18 bits per heavy atom. The van der Waals surface area contributed by atoms with Crippen molar-refractivity contribution in [2.24, 2.45) is 0 Å². The molecule has 0 aliphatic heterocycles. The van der Waals surface area contributed by atoms with Gasteiger partial charge in [0.15, 0.2) is 0 Å². The van der Waals surface area contributed by atoms with E-state index in [9.17, 15) is 0 Å².